The van der Waals surface area contributed by atoms with Gasteiger partial charge in [0, 0.05) is 5.97 Å². The van der Waals surface area contributed by atoms with Gasteiger partial charge in [-0.3, -0.25) is 0 Å². The Kier molecular flexibility index (Phi) is 4.20. The zero-order valence-electron chi connectivity index (χ0n) is 8.16. The molecule has 1 fully saturated rings. The SMILES string of the molecule is CC(=O)[O-].C[N+](C)(C)CC1CO1. The van der Waals surface area contributed by atoms with Crippen molar-refractivity contribution in [3.63, 3.8) is 0 Å². The minimum absolute atomic E-state index is 0.565. The van der Waals surface area contributed by atoms with Crippen LogP contribution in [0.5, 0.6) is 0 Å². The second kappa shape index (κ2) is 4.42. The number of carbonyl (C=O) groups is 1. The molecule has 4 heteroatoms. The molecule has 0 radical (unpaired) electrons. The number of ether oxygens (including phenoxy) is 1. The lowest BCUT2D eigenvalue weighted by Crippen LogP contribution is -2.37. The van der Waals surface area contributed by atoms with E-state index in [0.717, 1.165) is 24.6 Å². The van der Waals surface area contributed by atoms with Gasteiger partial charge >= 0.3 is 0 Å². The van der Waals surface area contributed by atoms with E-state index in [2.05, 4.69) is 21.1 Å². The molecule has 0 saturated carbocycles. The van der Waals surface area contributed by atoms with Gasteiger partial charge in [-0.05, 0) is 6.92 Å². The first kappa shape index (κ1) is 11.4. The molecular weight excluding hydrogens is 158 g/mol. The van der Waals surface area contributed by atoms with Gasteiger partial charge in [-0.2, -0.15) is 0 Å². The molecule has 0 aliphatic carbocycles. The maximum absolute atomic E-state index is 8.89. The van der Waals surface area contributed by atoms with Crippen LogP contribution in [0.3, 0.4) is 0 Å². The summed E-state index contributed by atoms with van der Waals surface area (Å²) in [5.74, 6) is -1.08. The molecule has 0 bridgehead atoms. The smallest absolute Gasteiger partial charge is 0.130 e. The fraction of sp³-hybridized carbons (Fsp3) is 0.875. The first-order chi connectivity index (χ1) is 5.31. The van der Waals surface area contributed by atoms with E-state index in [4.69, 9.17) is 14.6 Å². The predicted octanol–water partition coefficient (Wildman–Crippen LogP) is -1.15. The summed E-state index contributed by atoms with van der Waals surface area (Å²) in [7, 11) is 6.55. The minimum Gasteiger partial charge on any atom is -0.550 e. The highest BCUT2D eigenvalue weighted by Gasteiger charge is 2.28. The maximum Gasteiger partial charge on any atom is 0.130 e. The van der Waals surface area contributed by atoms with E-state index in [-0.39, 0.29) is 0 Å². The van der Waals surface area contributed by atoms with Crippen LogP contribution in [0.15, 0.2) is 0 Å². The molecule has 1 aliphatic heterocycles. The van der Waals surface area contributed by atoms with Crippen LogP contribution in [0, 0.1) is 0 Å². The van der Waals surface area contributed by atoms with Crippen LogP contribution in [0.25, 0.3) is 0 Å². The van der Waals surface area contributed by atoms with Gasteiger partial charge in [-0.1, -0.05) is 0 Å². The topological polar surface area (TPSA) is 52.7 Å². The zero-order valence-corrected chi connectivity index (χ0v) is 8.16. The molecule has 12 heavy (non-hydrogen) atoms. The molecule has 4 nitrogen and oxygen atoms in total. The Morgan fingerprint density at radius 1 is 1.58 bits per heavy atom. The molecule has 0 aromatic rings. The minimum atomic E-state index is -1.08. The molecular formula is C8H17NO3. The third-order valence-corrected chi connectivity index (χ3v) is 1.15. The zero-order chi connectivity index (χ0) is 9.78. The lowest BCUT2D eigenvalue weighted by Gasteiger charge is -2.22. The normalized spacial score (nSPS) is 20.8. The summed E-state index contributed by atoms with van der Waals surface area (Å²) in [6.45, 7) is 3.11. The molecule has 72 valence electrons. The molecule has 1 rings (SSSR count). The van der Waals surface area contributed by atoms with Crippen molar-refractivity contribution in [3.05, 3.63) is 0 Å². The van der Waals surface area contributed by atoms with Crippen molar-refractivity contribution in [2.24, 2.45) is 0 Å². The third-order valence-electron chi connectivity index (χ3n) is 1.15. The molecule has 1 atom stereocenters. The van der Waals surface area contributed by atoms with E-state index < -0.39 is 5.97 Å². The van der Waals surface area contributed by atoms with Crippen LogP contribution >= 0.6 is 0 Å². The van der Waals surface area contributed by atoms with Crippen molar-refractivity contribution in [2.75, 3.05) is 34.3 Å². The monoisotopic (exact) mass is 175 g/mol. The Bertz CT molecular complexity index is 143. The van der Waals surface area contributed by atoms with Crippen LogP contribution in [-0.4, -0.2) is 50.9 Å². The number of aliphatic carboxylic acids is 1. The molecule has 1 aliphatic rings. The van der Waals surface area contributed by atoms with Gasteiger partial charge in [0.15, 0.2) is 0 Å². The van der Waals surface area contributed by atoms with Crippen molar-refractivity contribution < 1.29 is 19.1 Å². The van der Waals surface area contributed by atoms with Crippen molar-refractivity contribution in [1.29, 1.82) is 0 Å². The van der Waals surface area contributed by atoms with E-state index in [1.54, 1.807) is 0 Å². The molecule has 0 spiro atoms. The van der Waals surface area contributed by atoms with Crippen LogP contribution < -0.4 is 5.11 Å². The number of carbonyl (C=O) groups excluding carboxylic acids is 1. The number of carboxylic acids is 1. The second-order valence-corrected chi connectivity index (χ2v) is 3.92. The summed E-state index contributed by atoms with van der Waals surface area (Å²) in [4.78, 5) is 8.89. The van der Waals surface area contributed by atoms with Crippen LogP contribution in [-0.2, 0) is 9.53 Å². The number of epoxide rings is 1. The van der Waals surface area contributed by atoms with E-state index in [0.29, 0.717) is 6.10 Å². The van der Waals surface area contributed by atoms with Crippen LogP contribution in [0.4, 0.5) is 0 Å². The molecule has 0 N–H and O–H groups in total. The number of hydrogen-bond acceptors (Lipinski definition) is 3. The number of likely N-dealkylation sites (N-methyl/N-ethyl adjacent to an activating group) is 1. The van der Waals surface area contributed by atoms with Crippen molar-refractivity contribution in [1.82, 2.24) is 0 Å². The highest BCUT2D eigenvalue weighted by Crippen LogP contribution is 2.11. The lowest BCUT2D eigenvalue weighted by atomic mass is 10.4. The Hall–Kier alpha value is -0.610. The second-order valence-electron chi connectivity index (χ2n) is 3.92. The van der Waals surface area contributed by atoms with Crippen molar-refractivity contribution >= 4 is 5.97 Å². The Morgan fingerprint density at radius 3 is 2.00 bits per heavy atom. The van der Waals surface area contributed by atoms with Gasteiger partial charge in [0.1, 0.15) is 12.6 Å². The highest BCUT2D eigenvalue weighted by molar-refractivity contribution is 5.60. The first-order valence-electron chi connectivity index (χ1n) is 3.91. The lowest BCUT2D eigenvalue weighted by molar-refractivity contribution is -0.870. The first-order valence-corrected chi connectivity index (χ1v) is 3.91. The fourth-order valence-corrected chi connectivity index (χ4v) is 0.784. The summed E-state index contributed by atoms with van der Waals surface area (Å²) in [5, 5.41) is 8.89. The van der Waals surface area contributed by atoms with Crippen LogP contribution in [0.1, 0.15) is 6.92 Å². The van der Waals surface area contributed by atoms with E-state index >= 15 is 0 Å². The number of quaternary nitrogens is 1. The van der Waals surface area contributed by atoms with Crippen molar-refractivity contribution in [3.8, 4) is 0 Å². The molecule has 1 heterocycles. The van der Waals surface area contributed by atoms with Gasteiger partial charge in [0.2, 0.25) is 0 Å². The summed E-state index contributed by atoms with van der Waals surface area (Å²) in [6.07, 6.45) is 0.565. The van der Waals surface area contributed by atoms with Gasteiger partial charge in [-0.15, -0.1) is 0 Å². The summed E-state index contributed by atoms with van der Waals surface area (Å²) in [6, 6.07) is 0. The fourth-order valence-electron chi connectivity index (χ4n) is 0.784. The largest absolute Gasteiger partial charge is 0.550 e. The van der Waals surface area contributed by atoms with Gasteiger partial charge < -0.3 is 19.1 Å². The standard InChI is InChI=1S/C6H14NO.C2H4O2/c1-7(2,3)4-6-5-8-6;1-2(3)4/h6H,4-5H2,1-3H3;1H3,(H,3,4)/q+1;/p-1. The van der Waals surface area contributed by atoms with Gasteiger partial charge in [0.05, 0.1) is 27.7 Å². The summed E-state index contributed by atoms with van der Waals surface area (Å²) >= 11 is 0. The van der Waals surface area contributed by atoms with Gasteiger partial charge in [0.25, 0.3) is 0 Å². The van der Waals surface area contributed by atoms with Crippen LogP contribution in [0.2, 0.25) is 0 Å². The Labute approximate surface area is 73.3 Å². The number of hydrogen-bond donors (Lipinski definition) is 0. The predicted molar refractivity (Wildman–Crippen MR) is 43.3 cm³/mol. The third kappa shape index (κ3) is 12.1. The molecule has 1 saturated heterocycles. The summed E-state index contributed by atoms with van der Waals surface area (Å²) < 4.78 is 6.09. The molecule has 0 aromatic heterocycles. The van der Waals surface area contributed by atoms with E-state index in [1.165, 1.54) is 0 Å². The summed E-state index contributed by atoms with van der Waals surface area (Å²) in [5.41, 5.74) is 0. The van der Waals surface area contributed by atoms with E-state index in [1.807, 2.05) is 0 Å². The quantitative estimate of drug-likeness (QED) is 0.393. The number of carboxylic acid groups (broad SMARTS) is 1. The average molecular weight is 175 g/mol. The van der Waals surface area contributed by atoms with E-state index in [9.17, 15) is 0 Å². The maximum atomic E-state index is 8.89. The molecule has 0 aromatic carbocycles. The average Bonchev–Trinajstić information content (AvgIpc) is 2.42. The molecule has 0 amide bonds. The molecule has 1 unspecified atom stereocenters. The number of rotatable bonds is 2. The number of nitrogens with zero attached hydrogens (tertiary/aromatic N) is 1. The van der Waals surface area contributed by atoms with Gasteiger partial charge in [-0.25, -0.2) is 0 Å². The Morgan fingerprint density at radius 2 is 1.92 bits per heavy atom. The van der Waals surface area contributed by atoms with Crippen molar-refractivity contribution in [2.45, 2.75) is 13.0 Å². The Balaban J connectivity index is 0.000000261. The highest BCUT2D eigenvalue weighted by atomic mass is 16.6.